The van der Waals surface area contributed by atoms with Crippen molar-refractivity contribution in [2.24, 2.45) is 5.92 Å². The number of amides is 1. The Kier molecular flexibility index (Phi) is 6.95. The topological polar surface area (TPSA) is 81.4 Å². The lowest BCUT2D eigenvalue weighted by atomic mass is 10.0. The van der Waals surface area contributed by atoms with Crippen molar-refractivity contribution in [3.63, 3.8) is 0 Å². The molecule has 0 aliphatic rings. The molecule has 0 aliphatic heterocycles. The van der Waals surface area contributed by atoms with Gasteiger partial charge in [-0.3, -0.25) is 9.59 Å². The van der Waals surface area contributed by atoms with E-state index in [4.69, 9.17) is 10.4 Å². The van der Waals surface area contributed by atoms with Crippen LogP contribution in [-0.4, -0.2) is 34.5 Å². The second-order valence-electron chi connectivity index (χ2n) is 4.50. The fraction of sp³-hybridized carbons (Fsp3) is 0.750. The molecule has 0 fully saturated rings. The molecule has 1 atom stereocenters. The van der Waals surface area contributed by atoms with Gasteiger partial charge in [-0.1, -0.05) is 6.92 Å². The van der Waals surface area contributed by atoms with E-state index in [0.29, 0.717) is 13.0 Å². The third-order valence-electron chi connectivity index (χ3n) is 2.45. The van der Waals surface area contributed by atoms with E-state index in [-0.39, 0.29) is 30.7 Å². The average molecular weight is 240 g/mol. The summed E-state index contributed by atoms with van der Waals surface area (Å²) >= 11 is 0. The van der Waals surface area contributed by atoms with Crippen molar-refractivity contribution < 1.29 is 14.7 Å². The number of nitriles is 1. The van der Waals surface area contributed by atoms with Gasteiger partial charge in [0.15, 0.2) is 0 Å². The molecule has 17 heavy (non-hydrogen) atoms. The van der Waals surface area contributed by atoms with Gasteiger partial charge in [0.2, 0.25) is 5.91 Å². The fourth-order valence-electron chi connectivity index (χ4n) is 1.63. The summed E-state index contributed by atoms with van der Waals surface area (Å²) < 4.78 is 0. The van der Waals surface area contributed by atoms with E-state index in [0.717, 1.165) is 0 Å². The summed E-state index contributed by atoms with van der Waals surface area (Å²) in [5, 5.41) is 17.1. The lowest BCUT2D eigenvalue weighted by molar-refractivity contribution is -0.138. The summed E-state index contributed by atoms with van der Waals surface area (Å²) in [4.78, 5) is 24.0. The van der Waals surface area contributed by atoms with Gasteiger partial charge >= 0.3 is 5.97 Å². The van der Waals surface area contributed by atoms with Crippen LogP contribution in [0.5, 0.6) is 0 Å². The molecule has 0 bridgehead atoms. The van der Waals surface area contributed by atoms with Crippen LogP contribution >= 0.6 is 0 Å². The highest BCUT2D eigenvalue weighted by Gasteiger charge is 2.20. The molecule has 0 aliphatic carbocycles. The Hall–Kier alpha value is -1.57. The molecule has 5 heteroatoms. The van der Waals surface area contributed by atoms with Crippen LogP contribution in [0.25, 0.3) is 0 Å². The van der Waals surface area contributed by atoms with Crippen LogP contribution < -0.4 is 0 Å². The number of hydrogen-bond donors (Lipinski definition) is 1. The van der Waals surface area contributed by atoms with E-state index in [1.807, 2.05) is 19.9 Å². The maximum atomic E-state index is 11.9. The van der Waals surface area contributed by atoms with Crippen LogP contribution in [0.15, 0.2) is 0 Å². The van der Waals surface area contributed by atoms with E-state index >= 15 is 0 Å². The summed E-state index contributed by atoms with van der Waals surface area (Å²) in [6.07, 6.45) is 0.517. The van der Waals surface area contributed by atoms with E-state index in [2.05, 4.69) is 0 Å². The van der Waals surface area contributed by atoms with Crippen molar-refractivity contribution in [1.82, 2.24) is 4.90 Å². The van der Waals surface area contributed by atoms with Crippen molar-refractivity contribution in [3.05, 3.63) is 0 Å². The highest BCUT2D eigenvalue weighted by Crippen LogP contribution is 2.12. The average Bonchev–Trinajstić information content (AvgIpc) is 2.15. The molecule has 1 unspecified atom stereocenters. The fourth-order valence-corrected chi connectivity index (χ4v) is 1.63. The molecule has 0 aromatic carbocycles. The predicted molar refractivity (Wildman–Crippen MR) is 63.1 cm³/mol. The van der Waals surface area contributed by atoms with Crippen LogP contribution in [0.2, 0.25) is 0 Å². The normalized spacial score (nSPS) is 11.9. The van der Waals surface area contributed by atoms with Gasteiger partial charge in [-0.25, -0.2) is 0 Å². The van der Waals surface area contributed by atoms with Crippen LogP contribution in [0.3, 0.4) is 0 Å². The van der Waals surface area contributed by atoms with Gasteiger partial charge < -0.3 is 10.0 Å². The molecule has 1 N–H and O–H groups in total. The predicted octanol–water partition coefficient (Wildman–Crippen LogP) is 1.64. The van der Waals surface area contributed by atoms with Crippen LogP contribution in [0.4, 0.5) is 0 Å². The first-order valence-electron chi connectivity index (χ1n) is 5.76. The second-order valence-corrected chi connectivity index (χ2v) is 4.50. The standard InChI is InChI=1S/C12H20N2O3/c1-9(2)14(6-4-5-13)11(15)7-10(3)8-12(16)17/h9-10H,4,6-8H2,1-3H3,(H,16,17). The lowest BCUT2D eigenvalue weighted by Gasteiger charge is -2.27. The van der Waals surface area contributed by atoms with E-state index in [9.17, 15) is 9.59 Å². The molecule has 0 radical (unpaired) electrons. The maximum Gasteiger partial charge on any atom is 0.303 e. The minimum absolute atomic E-state index is 0.00404. The SMILES string of the molecule is CC(CC(=O)O)CC(=O)N(CCC#N)C(C)C. The second kappa shape index (κ2) is 7.66. The van der Waals surface area contributed by atoms with Gasteiger partial charge in [0, 0.05) is 25.4 Å². The van der Waals surface area contributed by atoms with E-state index in [1.54, 1.807) is 11.8 Å². The number of aliphatic carboxylic acids is 1. The largest absolute Gasteiger partial charge is 0.481 e. The zero-order chi connectivity index (χ0) is 13.4. The Labute approximate surface area is 102 Å². The molecule has 0 heterocycles. The van der Waals surface area contributed by atoms with Crippen LogP contribution in [0.1, 0.15) is 40.0 Å². The van der Waals surface area contributed by atoms with E-state index < -0.39 is 5.97 Å². The van der Waals surface area contributed by atoms with Crippen molar-refractivity contribution in [1.29, 1.82) is 5.26 Å². The number of carbonyl (C=O) groups is 2. The molecule has 0 rings (SSSR count). The zero-order valence-corrected chi connectivity index (χ0v) is 10.6. The molecule has 0 aromatic rings. The quantitative estimate of drug-likeness (QED) is 0.733. The summed E-state index contributed by atoms with van der Waals surface area (Å²) in [7, 11) is 0. The molecule has 0 saturated carbocycles. The smallest absolute Gasteiger partial charge is 0.303 e. The Morgan fingerprint density at radius 2 is 1.88 bits per heavy atom. The first kappa shape index (κ1) is 15.4. The van der Waals surface area contributed by atoms with Gasteiger partial charge in [0.1, 0.15) is 0 Å². The molecule has 1 amide bonds. The lowest BCUT2D eigenvalue weighted by Crippen LogP contribution is -2.38. The number of carbonyl (C=O) groups excluding carboxylic acids is 1. The third-order valence-corrected chi connectivity index (χ3v) is 2.45. The third kappa shape index (κ3) is 6.56. The number of nitrogens with zero attached hydrogens (tertiary/aromatic N) is 2. The van der Waals surface area contributed by atoms with Crippen molar-refractivity contribution in [2.45, 2.75) is 46.1 Å². The zero-order valence-electron chi connectivity index (χ0n) is 10.6. The monoisotopic (exact) mass is 240 g/mol. The van der Waals surface area contributed by atoms with Crippen LogP contribution in [-0.2, 0) is 9.59 Å². The highest BCUT2D eigenvalue weighted by molar-refractivity contribution is 5.77. The summed E-state index contributed by atoms with van der Waals surface area (Å²) in [6.45, 7) is 5.93. The van der Waals surface area contributed by atoms with Crippen molar-refractivity contribution in [2.75, 3.05) is 6.54 Å². The molecule has 0 aromatic heterocycles. The summed E-state index contributed by atoms with van der Waals surface area (Å²) in [6, 6.07) is 2.04. The van der Waals surface area contributed by atoms with Crippen molar-refractivity contribution >= 4 is 11.9 Å². The van der Waals surface area contributed by atoms with Gasteiger partial charge in [-0.15, -0.1) is 0 Å². The van der Waals surface area contributed by atoms with Gasteiger partial charge in [-0.2, -0.15) is 5.26 Å². The molecule has 5 nitrogen and oxygen atoms in total. The number of carboxylic acid groups (broad SMARTS) is 1. The molecule has 0 saturated heterocycles. The summed E-state index contributed by atoms with van der Waals surface area (Å²) in [5.41, 5.74) is 0. The van der Waals surface area contributed by atoms with Gasteiger partial charge in [0.25, 0.3) is 0 Å². The van der Waals surface area contributed by atoms with Gasteiger partial charge in [-0.05, 0) is 19.8 Å². The maximum absolute atomic E-state index is 11.9. The van der Waals surface area contributed by atoms with Crippen LogP contribution in [0, 0.1) is 17.2 Å². The number of rotatable bonds is 7. The highest BCUT2D eigenvalue weighted by atomic mass is 16.4. The van der Waals surface area contributed by atoms with Crippen molar-refractivity contribution in [3.8, 4) is 6.07 Å². The Balaban J connectivity index is 4.32. The number of hydrogen-bond acceptors (Lipinski definition) is 3. The summed E-state index contributed by atoms with van der Waals surface area (Å²) in [5.74, 6) is -1.15. The first-order chi connectivity index (χ1) is 7.88. The molecule has 0 spiro atoms. The minimum Gasteiger partial charge on any atom is -0.481 e. The number of carboxylic acids is 1. The van der Waals surface area contributed by atoms with Gasteiger partial charge in [0.05, 0.1) is 12.5 Å². The Morgan fingerprint density at radius 3 is 2.29 bits per heavy atom. The minimum atomic E-state index is -0.890. The Bertz CT molecular complexity index is 307. The molecule has 96 valence electrons. The molecular weight excluding hydrogens is 220 g/mol. The Morgan fingerprint density at radius 1 is 1.29 bits per heavy atom. The van der Waals surface area contributed by atoms with E-state index in [1.165, 1.54) is 0 Å². The molecular formula is C12H20N2O3. The first-order valence-corrected chi connectivity index (χ1v) is 5.76.